The van der Waals surface area contributed by atoms with Crippen LogP contribution < -0.4 is 14.9 Å². The van der Waals surface area contributed by atoms with E-state index in [0.717, 1.165) is 36.1 Å². The van der Waals surface area contributed by atoms with Gasteiger partial charge in [0, 0.05) is 0 Å². The van der Waals surface area contributed by atoms with Crippen LogP contribution in [-0.4, -0.2) is 25.8 Å². The lowest BCUT2D eigenvalue weighted by atomic mass is 10.1. The van der Waals surface area contributed by atoms with E-state index in [9.17, 15) is 4.79 Å². The standard InChI is InChI=1S/C23H28N2O3/c1-3-4-6-11-20(16-19-9-7-5-8-10-19)17-24-25-23(26)18-28-22-14-12-21(27-2)13-15-22/h5,7-10,12-17H,3-4,6,11,18H2,1-2H3,(H,25,26)/b20-16-,24-17-. The molecule has 0 saturated carbocycles. The third-order valence-corrected chi connectivity index (χ3v) is 4.07. The van der Waals surface area contributed by atoms with Gasteiger partial charge in [0.15, 0.2) is 6.61 Å². The third kappa shape index (κ3) is 8.08. The zero-order valence-electron chi connectivity index (χ0n) is 16.6. The first-order valence-electron chi connectivity index (χ1n) is 9.55. The van der Waals surface area contributed by atoms with Crippen molar-refractivity contribution < 1.29 is 14.3 Å². The van der Waals surface area contributed by atoms with Crippen LogP contribution in [-0.2, 0) is 4.79 Å². The zero-order valence-corrected chi connectivity index (χ0v) is 16.6. The van der Waals surface area contributed by atoms with E-state index in [1.807, 2.05) is 18.2 Å². The van der Waals surface area contributed by atoms with Crippen LogP contribution in [0.1, 0.15) is 38.2 Å². The van der Waals surface area contributed by atoms with Gasteiger partial charge in [-0.15, -0.1) is 0 Å². The van der Waals surface area contributed by atoms with E-state index in [2.05, 4.69) is 35.7 Å². The fourth-order valence-corrected chi connectivity index (χ4v) is 2.56. The molecule has 0 saturated heterocycles. The number of carbonyl (C=O) groups is 1. The number of ether oxygens (including phenoxy) is 2. The number of hydrazone groups is 1. The second-order valence-electron chi connectivity index (χ2n) is 6.34. The molecule has 0 aliphatic carbocycles. The molecule has 1 N–H and O–H groups in total. The lowest BCUT2D eigenvalue weighted by Crippen LogP contribution is -2.24. The number of unbranched alkanes of at least 4 members (excludes halogenated alkanes) is 2. The van der Waals surface area contributed by atoms with Gasteiger partial charge >= 0.3 is 0 Å². The summed E-state index contributed by atoms with van der Waals surface area (Å²) in [5.74, 6) is 1.03. The second-order valence-corrected chi connectivity index (χ2v) is 6.34. The van der Waals surface area contributed by atoms with Crippen LogP contribution in [0, 0.1) is 0 Å². The molecular weight excluding hydrogens is 352 g/mol. The molecule has 0 fully saturated rings. The molecule has 0 aliphatic heterocycles. The lowest BCUT2D eigenvalue weighted by molar-refractivity contribution is -0.123. The molecule has 0 heterocycles. The average molecular weight is 380 g/mol. The highest BCUT2D eigenvalue weighted by atomic mass is 16.5. The fourth-order valence-electron chi connectivity index (χ4n) is 2.56. The predicted molar refractivity (Wildman–Crippen MR) is 114 cm³/mol. The van der Waals surface area contributed by atoms with Gasteiger partial charge in [-0.2, -0.15) is 5.10 Å². The first-order valence-corrected chi connectivity index (χ1v) is 9.55. The molecular formula is C23H28N2O3. The highest BCUT2D eigenvalue weighted by molar-refractivity contribution is 5.87. The molecule has 5 heteroatoms. The molecule has 0 aliphatic rings. The largest absolute Gasteiger partial charge is 0.497 e. The molecule has 5 nitrogen and oxygen atoms in total. The second kappa shape index (κ2) is 12.3. The Morgan fingerprint density at radius 2 is 1.75 bits per heavy atom. The summed E-state index contributed by atoms with van der Waals surface area (Å²) in [6, 6.07) is 17.2. The first-order chi connectivity index (χ1) is 13.7. The van der Waals surface area contributed by atoms with Gasteiger partial charge in [-0.1, -0.05) is 56.2 Å². The Morgan fingerprint density at radius 1 is 1.04 bits per heavy atom. The van der Waals surface area contributed by atoms with Crippen molar-refractivity contribution in [3.8, 4) is 11.5 Å². The van der Waals surface area contributed by atoms with Crippen molar-refractivity contribution in [3.63, 3.8) is 0 Å². The van der Waals surface area contributed by atoms with Crippen molar-refractivity contribution in [2.24, 2.45) is 5.10 Å². The quantitative estimate of drug-likeness (QED) is 0.345. The summed E-state index contributed by atoms with van der Waals surface area (Å²) in [6.45, 7) is 2.08. The Kier molecular flexibility index (Phi) is 9.35. The molecule has 1 amide bonds. The van der Waals surface area contributed by atoms with Crippen molar-refractivity contribution in [3.05, 3.63) is 65.7 Å². The van der Waals surface area contributed by atoms with Gasteiger partial charge in [0.25, 0.3) is 5.91 Å². The van der Waals surface area contributed by atoms with Crippen molar-refractivity contribution >= 4 is 18.2 Å². The van der Waals surface area contributed by atoms with Crippen LogP contribution in [0.25, 0.3) is 6.08 Å². The monoisotopic (exact) mass is 380 g/mol. The summed E-state index contributed by atoms with van der Waals surface area (Å²) in [4.78, 5) is 11.9. The number of amides is 1. The molecule has 28 heavy (non-hydrogen) atoms. The number of nitrogens with one attached hydrogen (secondary N) is 1. The van der Waals surface area contributed by atoms with Gasteiger partial charge in [-0.3, -0.25) is 4.79 Å². The molecule has 2 aromatic carbocycles. The van der Waals surface area contributed by atoms with Crippen LogP contribution in [0.2, 0.25) is 0 Å². The highest BCUT2D eigenvalue weighted by Crippen LogP contribution is 2.16. The first kappa shape index (κ1) is 21.2. The van der Waals surface area contributed by atoms with E-state index in [4.69, 9.17) is 9.47 Å². The Bertz CT molecular complexity index is 768. The van der Waals surface area contributed by atoms with E-state index in [0.29, 0.717) is 5.75 Å². The van der Waals surface area contributed by atoms with Crippen LogP contribution in [0.3, 0.4) is 0 Å². The van der Waals surface area contributed by atoms with Gasteiger partial charge in [-0.25, -0.2) is 5.43 Å². The summed E-state index contributed by atoms with van der Waals surface area (Å²) < 4.78 is 10.5. The molecule has 0 unspecified atom stereocenters. The number of methoxy groups -OCH3 is 1. The number of hydrogen-bond acceptors (Lipinski definition) is 4. The Labute approximate surface area is 167 Å². The van der Waals surface area contributed by atoms with Gasteiger partial charge in [-0.05, 0) is 48.2 Å². The maximum absolute atomic E-state index is 11.9. The van der Waals surface area contributed by atoms with Crippen LogP contribution >= 0.6 is 0 Å². The average Bonchev–Trinajstić information content (AvgIpc) is 2.73. The maximum atomic E-state index is 11.9. The predicted octanol–water partition coefficient (Wildman–Crippen LogP) is 4.84. The summed E-state index contributed by atoms with van der Waals surface area (Å²) >= 11 is 0. The number of rotatable bonds is 11. The van der Waals surface area contributed by atoms with E-state index >= 15 is 0 Å². The SMILES string of the molecule is CCCCCC(/C=N\NC(=O)COc1ccc(OC)cc1)=C/c1ccccc1. The van der Waals surface area contributed by atoms with E-state index in [-0.39, 0.29) is 12.5 Å². The minimum absolute atomic E-state index is 0.1000. The third-order valence-electron chi connectivity index (χ3n) is 4.07. The van der Waals surface area contributed by atoms with Crippen LogP contribution in [0.4, 0.5) is 0 Å². The van der Waals surface area contributed by atoms with E-state index in [1.165, 1.54) is 6.42 Å². The summed E-state index contributed by atoms with van der Waals surface area (Å²) in [7, 11) is 1.60. The van der Waals surface area contributed by atoms with Crippen molar-refractivity contribution in [2.75, 3.05) is 13.7 Å². The molecule has 2 rings (SSSR count). The number of nitrogens with zero attached hydrogens (tertiary/aromatic N) is 1. The zero-order chi connectivity index (χ0) is 20.0. The highest BCUT2D eigenvalue weighted by Gasteiger charge is 2.02. The Balaban J connectivity index is 1.86. The van der Waals surface area contributed by atoms with Crippen molar-refractivity contribution in [1.82, 2.24) is 5.43 Å². The summed E-state index contributed by atoms with van der Waals surface area (Å²) in [5, 5.41) is 4.09. The fraction of sp³-hybridized carbons (Fsp3) is 0.304. The molecule has 0 aromatic heterocycles. The van der Waals surface area contributed by atoms with Crippen LogP contribution in [0.15, 0.2) is 65.3 Å². The van der Waals surface area contributed by atoms with E-state index < -0.39 is 0 Å². The van der Waals surface area contributed by atoms with Crippen molar-refractivity contribution in [1.29, 1.82) is 0 Å². The number of hydrogen-bond donors (Lipinski definition) is 1. The van der Waals surface area contributed by atoms with Crippen LogP contribution in [0.5, 0.6) is 11.5 Å². The minimum Gasteiger partial charge on any atom is -0.497 e. The maximum Gasteiger partial charge on any atom is 0.277 e. The van der Waals surface area contributed by atoms with Gasteiger partial charge in [0.1, 0.15) is 11.5 Å². The van der Waals surface area contributed by atoms with Crippen molar-refractivity contribution in [2.45, 2.75) is 32.6 Å². The molecule has 0 radical (unpaired) electrons. The topological polar surface area (TPSA) is 59.9 Å². The summed E-state index contributed by atoms with van der Waals surface area (Å²) in [5.41, 5.74) is 4.72. The normalized spacial score (nSPS) is 11.4. The molecule has 0 bridgehead atoms. The molecule has 2 aromatic rings. The van der Waals surface area contributed by atoms with Gasteiger partial charge in [0.05, 0.1) is 13.3 Å². The Morgan fingerprint density at radius 3 is 2.43 bits per heavy atom. The number of benzene rings is 2. The summed E-state index contributed by atoms with van der Waals surface area (Å²) in [6.07, 6.45) is 8.16. The molecule has 0 spiro atoms. The van der Waals surface area contributed by atoms with Gasteiger partial charge in [0.2, 0.25) is 0 Å². The molecule has 0 atom stereocenters. The van der Waals surface area contributed by atoms with Gasteiger partial charge < -0.3 is 9.47 Å². The minimum atomic E-state index is -0.306. The smallest absolute Gasteiger partial charge is 0.277 e. The lowest BCUT2D eigenvalue weighted by Gasteiger charge is -2.06. The van der Waals surface area contributed by atoms with E-state index in [1.54, 1.807) is 37.6 Å². The molecule has 148 valence electrons. The Hall–Kier alpha value is -3.08. The number of allylic oxidation sites excluding steroid dienone is 1. The number of carbonyl (C=O) groups excluding carboxylic acids is 1.